The van der Waals surface area contributed by atoms with Gasteiger partial charge in [-0.1, -0.05) is 0 Å². The molecule has 2 aromatic rings. The third-order valence-electron chi connectivity index (χ3n) is 3.20. The van der Waals surface area contributed by atoms with Gasteiger partial charge in [0.1, 0.15) is 11.7 Å². The number of carboxylic acid groups (broad SMARTS) is 1. The Kier molecular flexibility index (Phi) is 4.70. The summed E-state index contributed by atoms with van der Waals surface area (Å²) in [6.45, 7) is 2.62. The third kappa shape index (κ3) is 3.51. The minimum Gasteiger partial charge on any atom is -0.477 e. The van der Waals surface area contributed by atoms with E-state index in [2.05, 4.69) is 5.32 Å². The number of nitrogens with zero attached hydrogens (tertiary/aromatic N) is 1. The van der Waals surface area contributed by atoms with Gasteiger partial charge in [-0.05, 0) is 13.8 Å². The number of ether oxygens (including phenoxy) is 1. The highest BCUT2D eigenvalue weighted by Crippen LogP contribution is 2.21. The maximum absolute atomic E-state index is 11.9. The summed E-state index contributed by atoms with van der Waals surface area (Å²) in [5.41, 5.74) is 6.19. The highest BCUT2D eigenvalue weighted by molar-refractivity contribution is 5.92. The molecule has 0 spiro atoms. The second kappa shape index (κ2) is 6.53. The number of aromatic carboxylic acids is 1. The van der Waals surface area contributed by atoms with E-state index in [0.717, 1.165) is 0 Å². The van der Waals surface area contributed by atoms with Crippen LogP contribution in [0.2, 0.25) is 0 Å². The van der Waals surface area contributed by atoms with Gasteiger partial charge >= 0.3 is 11.9 Å². The first kappa shape index (κ1) is 16.6. The summed E-state index contributed by atoms with van der Waals surface area (Å²) in [6.07, 6.45) is 1.40. The van der Waals surface area contributed by atoms with Gasteiger partial charge in [0, 0.05) is 12.1 Å². The Hall–Kier alpha value is -2.81. The summed E-state index contributed by atoms with van der Waals surface area (Å²) in [6, 6.07) is 1.25. The molecule has 0 radical (unpaired) electrons. The van der Waals surface area contributed by atoms with Crippen LogP contribution in [0.1, 0.15) is 24.3 Å². The van der Waals surface area contributed by atoms with Crippen molar-refractivity contribution in [2.45, 2.75) is 32.7 Å². The van der Waals surface area contributed by atoms with E-state index in [0.29, 0.717) is 11.1 Å². The van der Waals surface area contributed by atoms with Crippen LogP contribution in [0.15, 0.2) is 22.8 Å². The largest absolute Gasteiger partial charge is 0.477 e. The van der Waals surface area contributed by atoms with Gasteiger partial charge in [0.05, 0.1) is 17.8 Å². The van der Waals surface area contributed by atoms with Crippen LogP contribution in [0, 0.1) is 0 Å². The molecule has 0 bridgehead atoms. The molecule has 2 heterocycles. The zero-order valence-electron chi connectivity index (χ0n) is 12.6. The van der Waals surface area contributed by atoms with E-state index in [1.165, 1.54) is 30.7 Å². The topological polar surface area (TPSA) is 137 Å². The number of fused-ring (bicyclic) bond motifs is 1. The molecular formula is C14H17N3O6. The maximum Gasteiger partial charge on any atom is 0.352 e. The van der Waals surface area contributed by atoms with Gasteiger partial charge in [-0.15, -0.1) is 0 Å². The molecule has 2 rings (SSSR count). The molecule has 0 fully saturated rings. The molecule has 2 atom stereocenters. The Balaban J connectivity index is 2.07. The number of hydrogen-bond donors (Lipinski definition) is 3. The summed E-state index contributed by atoms with van der Waals surface area (Å²) in [4.78, 5) is 34.5. The van der Waals surface area contributed by atoms with E-state index in [-0.39, 0.29) is 12.4 Å². The van der Waals surface area contributed by atoms with Crippen LogP contribution in [0.4, 0.5) is 0 Å². The fourth-order valence-electron chi connectivity index (χ4n) is 1.95. The Morgan fingerprint density at radius 2 is 2.13 bits per heavy atom. The van der Waals surface area contributed by atoms with E-state index in [1.807, 2.05) is 0 Å². The summed E-state index contributed by atoms with van der Waals surface area (Å²) in [5, 5.41) is 11.6. The van der Waals surface area contributed by atoms with Crippen molar-refractivity contribution < 1.29 is 28.6 Å². The van der Waals surface area contributed by atoms with Gasteiger partial charge in [0.25, 0.3) is 0 Å². The lowest BCUT2D eigenvalue weighted by Gasteiger charge is -2.15. The maximum atomic E-state index is 11.9. The minimum atomic E-state index is -1.18. The molecule has 0 aliphatic carbocycles. The molecule has 23 heavy (non-hydrogen) atoms. The van der Waals surface area contributed by atoms with Gasteiger partial charge < -0.3 is 25.3 Å². The van der Waals surface area contributed by atoms with E-state index < -0.39 is 29.9 Å². The quantitative estimate of drug-likeness (QED) is 0.649. The second-order valence-electron chi connectivity index (χ2n) is 5.04. The second-order valence-corrected chi connectivity index (χ2v) is 5.04. The van der Waals surface area contributed by atoms with Crippen molar-refractivity contribution in [2.24, 2.45) is 5.73 Å². The molecule has 4 N–H and O–H groups in total. The molecule has 124 valence electrons. The van der Waals surface area contributed by atoms with Crippen LogP contribution in [-0.4, -0.2) is 39.6 Å². The first-order valence-corrected chi connectivity index (χ1v) is 6.84. The van der Waals surface area contributed by atoms with E-state index >= 15 is 0 Å². The van der Waals surface area contributed by atoms with Crippen LogP contribution in [0.3, 0.4) is 0 Å². The lowest BCUT2D eigenvalue weighted by atomic mass is 10.3. The zero-order chi connectivity index (χ0) is 17.1. The van der Waals surface area contributed by atoms with Crippen LogP contribution in [-0.2, 0) is 21.1 Å². The molecule has 0 aliphatic heterocycles. The van der Waals surface area contributed by atoms with Crippen molar-refractivity contribution in [3.8, 4) is 0 Å². The van der Waals surface area contributed by atoms with Crippen molar-refractivity contribution in [3.05, 3.63) is 24.1 Å². The molecule has 0 saturated carbocycles. The molecule has 0 saturated heterocycles. The summed E-state index contributed by atoms with van der Waals surface area (Å²) in [5.74, 6) is -2.37. The minimum absolute atomic E-state index is 0.0700. The van der Waals surface area contributed by atoms with Crippen molar-refractivity contribution in [1.82, 2.24) is 9.88 Å². The zero-order valence-corrected chi connectivity index (χ0v) is 12.6. The SMILES string of the molecule is CC(N)C(=O)NC(C)C(=O)OCn1c(C(=O)O)cc2occc21. The van der Waals surface area contributed by atoms with Crippen LogP contribution in [0.25, 0.3) is 11.1 Å². The van der Waals surface area contributed by atoms with Gasteiger partial charge in [-0.25, -0.2) is 9.59 Å². The highest BCUT2D eigenvalue weighted by Gasteiger charge is 2.21. The number of furan rings is 1. The number of nitrogens with one attached hydrogen (secondary N) is 1. The summed E-state index contributed by atoms with van der Waals surface area (Å²) < 4.78 is 11.5. The first-order chi connectivity index (χ1) is 10.8. The average Bonchev–Trinajstić information content (AvgIpc) is 3.05. The number of nitrogens with two attached hydrogens (primary N) is 1. The Morgan fingerprint density at radius 1 is 1.43 bits per heavy atom. The highest BCUT2D eigenvalue weighted by atomic mass is 16.5. The average molecular weight is 323 g/mol. The fraction of sp³-hybridized carbons (Fsp3) is 0.357. The lowest BCUT2D eigenvalue weighted by molar-refractivity contribution is -0.151. The smallest absolute Gasteiger partial charge is 0.352 e. The molecule has 2 unspecified atom stereocenters. The number of rotatable bonds is 6. The predicted molar refractivity (Wildman–Crippen MR) is 78.5 cm³/mol. The summed E-state index contributed by atoms with van der Waals surface area (Å²) in [7, 11) is 0. The number of carboxylic acids is 1. The van der Waals surface area contributed by atoms with E-state index in [4.69, 9.17) is 20.0 Å². The lowest BCUT2D eigenvalue weighted by Crippen LogP contribution is -2.46. The van der Waals surface area contributed by atoms with Crippen molar-refractivity contribution >= 4 is 28.9 Å². The van der Waals surface area contributed by atoms with E-state index in [9.17, 15) is 14.4 Å². The standard InChI is InChI=1S/C14H17N3O6/c1-7(15)12(18)16-8(2)14(21)23-6-17-9-3-4-22-11(9)5-10(17)13(19)20/h3-5,7-8H,6,15H2,1-2H3,(H,16,18)(H,19,20). The van der Waals surface area contributed by atoms with Gasteiger partial charge in [0.15, 0.2) is 12.3 Å². The van der Waals surface area contributed by atoms with E-state index in [1.54, 1.807) is 6.07 Å². The van der Waals surface area contributed by atoms with Crippen molar-refractivity contribution in [1.29, 1.82) is 0 Å². The molecule has 9 nitrogen and oxygen atoms in total. The van der Waals surface area contributed by atoms with Crippen molar-refractivity contribution in [2.75, 3.05) is 0 Å². The Labute approximate surface area is 131 Å². The van der Waals surface area contributed by atoms with Gasteiger partial charge in [-0.2, -0.15) is 0 Å². The third-order valence-corrected chi connectivity index (χ3v) is 3.20. The van der Waals surface area contributed by atoms with Crippen molar-refractivity contribution in [3.63, 3.8) is 0 Å². The molecule has 0 aliphatic rings. The number of amides is 1. The van der Waals surface area contributed by atoms with Crippen LogP contribution in [0.5, 0.6) is 0 Å². The number of esters is 1. The number of aromatic nitrogens is 1. The molecular weight excluding hydrogens is 306 g/mol. The predicted octanol–water partition coefficient (Wildman–Crippen LogP) is 0.285. The summed E-state index contributed by atoms with van der Waals surface area (Å²) >= 11 is 0. The van der Waals surface area contributed by atoms with Gasteiger partial charge in [-0.3, -0.25) is 9.36 Å². The monoisotopic (exact) mass is 323 g/mol. The Bertz CT molecular complexity index is 745. The number of carbonyl (C=O) groups is 3. The molecule has 2 aromatic heterocycles. The fourth-order valence-corrected chi connectivity index (χ4v) is 1.95. The number of carbonyl (C=O) groups excluding carboxylic acids is 2. The molecule has 9 heteroatoms. The molecule has 1 amide bonds. The Morgan fingerprint density at radius 3 is 2.74 bits per heavy atom. The normalized spacial score (nSPS) is 13.5. The molecule has 0 aromatic carbocycles. The van der Waals surface area contributed by atoms with Crippen LogP contribution >= 0.6 is 0 Å². The van der Waals surface area contributed by atoms with Gasteiger partial charge in [0.2, 0.25) is 5.91 Å². The van der Waals surface area contributed by atoms with Crippen LogP contribution < -0.4 is 11.1 Å². The number of hydrogen-bond acceptors (Lipinski definition) is 6. The first-order valence-electron chi connectivity index (χ1n) is 6.84.